The standard InChI is InChI=1S/C22H39NO2/c1-20-10-4-3-5-16(20)6-7-17-18(20)8-11-21(2)19(17)9-12-22(21,25)15-23-13-14-24/h16-19,23-25H,3-15H2,1-2H3/t16-,17-,18+,19+,20-,21+,22+/m0/s1. The smallest absolute Gasteiger partial charge is 0.0827 e. The molecule has 0 aromatic rings. The van der Waals surface area contributed by atoms with Crippen molar-refractivity contribution in [2.75, 3.05) is 19.7 Å². The summed E-state index contributed by atoms with van der Waals surface area (Å²) in [6.07, 6.45) is 13.3. The van der Waals surface area contributed by atoms with Crippen LogP contribution in [0.15, 0.2) is 0 Å². The van der Waals surface area contributed by atoms with Crippen LogP contribution < -0.4 is 5.32 Å². The SMILES string of the molecule is C[C@]12CCCC[C@H]1CC[C@H]1[C@H]2CC[C@]2(C)[C@@H]1CC[C@@]2(O)CNCCO. The van der Waals surface area contributed by atoms with Gasteiger partial charge in [0.2, 0.25) is 0 Å². The number of fused-ring (bicyclic) bond motifs is 5. The molecule has 3 heteroatoms. The van der Waals surface area contributed by atoms with E-state index in [-0.39, 0.29) is 12.0 Å². The molecule has 3 N–H and O–H groups in total. The van der Waals surface area contributed by atoms with Crippen LogP contribution in [0.5, 0.6) is 0 Å². The summed E-state index contributed by atoms with van der Waals surface area (Å²) in [5, 5.41) is 23.9. The van der Waals surface area contributed by atoms with Gasteiger partial charge in [-0.15, -0.1) is 0 Å². The molecule has 0 saturated heterocycles. The van der Waals surface area contributed by atoms with Gasteiger partial charge in [0, 0.05) is 18.5 Å². The molecular formula is C22H39NO2. The van der Waals surface area contributed by atoms with Crippen LogP contribution in [0.1, 0.15) is 78.1 Å². The Hall–Kier alpha value is -0.120. The normalized spacial score (nSPS) is 52.3. The van der Waals surface area contributed by atoms with E-state index in [9.17, 15) is 5.11 Å². The Morgan fingerprint density at radius 3 is 2.52 bits per heavy atom. The average molecular weight is 350 g/mol. The first-order chi connectivity index (χ1) is 11.9. The first-order valence-electron chi connectivity index (χ1n) is 11.0. The predicted octanol–water partition coefficient (Wildman–Crippen LogP) is 3.73. The van der Waals surface area contributed by atoms with Crippen LogP contribution in [-0.2, 0) is 0 Å². The summed E-state index contributed by atoms with van der Waals surface area (Å²) in [6, 6.07) is 0. The van der Waals surface area contributed by atoms with Crippen molar-refractivity contribution in [3.63, 3.8) is 0 Å². The molecule has 4 saturated carbocycles. The molecule has 0 aromatic heterocycles. The van der Waals surface area contributed by atoms with Gasteiger partial charge in [0.15, 0.2) is 0 Å². The third-order valence-electron chi connectivity index (χ3n) is 9.61. The van der Waals surface area contributed by atoms with Crippen LogP contribution in [0.25, 0.3) is 0 Å². The number of hydrogen-bond acceptors (Lipinski definition) is 3. The Balaban J connectivity index is 1.55. The first kappa shape index (κ1) is 18.3. The predicted molar refractivity (Wildman–Crippen MR) is 101 cm³/mol. The number of nitrogens with one attached hydrogen (secondary N) is 1. The van der Waals surface area contributed by atoms with Crippen molar-refractivity contribution in [2.24, 2.45) is 34.5 Å². The average Bonchev–Trinajstić information content (AvgIpc) is 2.86. The van der Waals surface area contributed by atoms with Crippen LogP contribution >= 0.6 is 0 Å². The molecule has 0 amide bonds. The second-order valence-corrected chi connectivity index (χ2v) is 10.3. The fraction of sp³-hybridized carbons (Fsp3) is 1.00. The Labute approximate surface area is 154 Å². The topological polar surface area (TPSA) is 52.5 Å². The van der Waals surface area contributed by atoms with Crippen LogP contribution in [0, 0.1) is 34.5 Å². The van der Waals surface area contributed by atoms with Crippen LogP contribution in [-0.4, -0.2) is 35.5 Å². The molecule has 3 nitrogen and oxygen atoms in total. The zero-order valence-corrected chi connectivity index (χ0v) is 16.4. The number of aliphatic hydroxyl groups is 2. The third-order valence-corrected chi connectivity index (χ3v) is 9.61. The molecule has 4 rings (SSSR count). The summed E-state index contributed by atoms with van der Waals surface area (Å²) >= 11 is 0. The van der Waals surface area contributed by atoms with E-state index in [2.05, 4.69) is 19.2 Å². The van der Waals surface area contributed by atoms with E-state index in [4.69, 9.17) is 5.11 Å². The molecule has 0 spiro atoms. The van der Waals surface area contributed by atoms with Gasteiger partial charge in [-0.3, -0.25) is 0 Å². The zero-order chi connectivity index (χ0) is 17.7. The monoisotopic (exact) mass is 349 g/mol. The summed E-state index contributed by atoms with van der Waals surface area (Å²) in [5.41, 5.74) is 0.0644. The second kappa shape index (κ2) is 6.49. The van der Waals surface area contributed by atoms with Crippen molar-refractivity contribution in [3.8, 4) is 0 Å². The quantitative estimate of drug-likeness (QED) is 0.678. The van der Waals surface area contributed by atoms with Gasteiger partial charge >= 0.3 is 0 Å². The highest BCUT2D eigenvalue weighted by molar-refractivity contribution is 5.14. The lowest BCUT2D eigenvalue weighted by Gasteiger charge is -2.61. The Bertz CT molecular complexity index is 496. The molecule has 0 aromatic carbocycles. The van der Waals surface area contributed by atoms with E-state index in [1.165, 1.54) is 57.8 Å². The molecule has 0 heterocycles. The lowest BCUT2D eigenvalue weighted by atomic mass is 9.44. The van der Waals surface area contributed by atoms with Crippen molar-refractivity contribution in [1.82, 2.24) is 5.32 Å². The van der Waals surface area contributed by atoms with Crippen LogP contribution in [0.3, 0.4) is 0 Å². The fourth-order valence-corrected chi connectivity index (χ4v) is 8.07. The molecule has 0 bridgehead atoms. The summed E-state index contributed by atoms with van der Waals surface area (Å²) in [6.45, 7) is 6.41. The lowest BCUT2D eigenvalue weighted by molar-refractivity contribution is -0.150. The highest BCUT2D eigenvalue weighted by Gasteiger charge is 2.64. The molecule has 25 heavy (non-hydrogen) atoms. The molecule has 0 aliphatic heterocycles. The summed E-state index contributed by atoms with van der Waals surface area (Å²) < 4.78 is 0. The van der Waals surface area contributed by atoms with E-state index in [0.29, 0.717) is 24.4 Å². The first-order valence-corrected chi connectivity index (χ1v) is 11.0. The molecule has 0 radical (unpaired) electrons. The minimum absolute atomic E-state index is 0.0640. The van der Waals surface area contributed by atoms with Crippen LogP contribution in [0.4, 0.5) is 0 Å². The minimum Gasteiger partial charge on any atom is -0.395 e. The molecule has 7 atom stereocenters. The lowest BCUT2D eigenvalue weighted by Crippen LogP contribution is -2.58. The summed E-state index contributed by atoms with van der Waals surface area (Å²) in [4.78, 5) is 0. The largest absolute Gasteiger partial charge is 0.395 e. The van der Waals surface area contributed by atoms with Gasteiger partial charge in [0.05, 0.1) is 12.2 Å². The van der Waals surface area contributed by atoms with E-state index in [1.807, 2.05) is 0 Å². The van der Waals surface area contributed by atoms with Gasteiger partial charge in [-0.1, -0.05) is 26.7 Å². The van der Waals surface area contributed by atoms with Crippen molar-refractivity contribution in [2.45, 2.75) is 83.7 Å². The van der Waals surface area contributed by atoms with Gasteiger partial charge in [-0.2, -0.15) is 0 Å². The van der Waals surface area contributed by atoms with E-state index >= 15 is 0 Å². The zero-order valence-electron chi connectivity index (χ0n) is 16.4. The van der Waals surface area contributed by atoms with Gasteiger partial charge in [-0.25, -0.2) is 0 Å². The Kier molecular flexibility index (Phi) is 4.74. The van der Waals surface area contributed by atoms with E-state index < -0.39 is 5.60 Å². The fourth-order valence-electron chi connectivity index (χ4n) is 8.07. The Morgan fingerprint density at radius 2 is 1.72 bits per heavy atom. The minimum atomic E-state index is -0.581. The Morgan fingerprint density at radius 1 is 0.920 bits per heavy atom. The maximum Gasteiger partial charge on any atom is 0.0827 e. The van der Waals surface area contributed by atoms with Gasteiger partial charge in [0.25, 0.3) is 0 Å². The molecular weight excluding hydrogens is 310 g/mol. The summed E-state index contributed by atoms with van der Waals surface area (Å²) in [7, 11) is 0. The van der Waals surface area contributed by atoms with Crippen molar-refractivity contribution < 1.29 is 10.2 Å². The number of rotatable bonds is 4. The summed E-state index contributed by atoms with van der Waals surface area (Å²) in [5.74, 6) is 3.41. The number of hydrogen-bond donors (Lipinski definition) is 3. The van der Waals surface area contributed by atoms with E-state index in [0.717, 1.165) is 24.2 Å². The van der Waals surface area contributed by atoms with Gasteiger partial charge in [0.1, 0.15) is 0 Å². The van der Waals surface area contributed by atoms with Crippen LogP contribution in [0.2, 0.25) is 0 Å². The molecule has 4 fully saturated rings. The van der Waals surface area contributed by atoms with E-state index in [1.54, 1.807) is 0 Å². The van der Waals surface area contributed by atoms with Gasteiger partial charge in [-0.05, 0) is 80.5 Å². The third kappa shape index (κ3) is 2.63. The molecule has 4 aliphatic carbocycles. The maximum atomic E-state index is 11.5. The van der Waals surface area contributed by atoms with Crippen molar-refractivity contribution >= 4 is 0 Å². The van der Waals surface area contributed by atoms with Crippen molar-refractivity contribution in [1.29, 1.82) is 0 Å². The van der Waals surface area contributed by atoms with Gasteiger partial charge < -0.3 is 15.5 Å². The molecule has 4 aliphatic rings. The molecule has 0 unspecified atom stereocenters. The number of aliphatic hydroxyl groups excluding tert-OH is 1. The highest BCUT2D eigenvalue weighted by atomic mass is 16.3. The van der Waals surface area contributed by atoms with Crippen molar-refractivity contribution in [3.05, 3.63) is 0 Å². The maximum absolute atomic E-state index is 11.5. The second-order valence-electron chi connectivity index (χ2n) is 10.3. The molecule has 144 valence electrons. The highest BCUT2D eigenvalue weighted by Crippen LogP contribution is 2.68.